The van der Waals surface area contributed by atoms with Crippen molar-refractivity contribution in [2.45, 2.75) is 6.18 Å². The minimum Gasteiger partial charge on any atom is -0.492 e. The third kappa shape index (κ3) is 6.45. The molecule has 0 atom stereocenters. The summed E-state index contributed by atoms with van der Waals surface area (Å²) in [7, 11) is 0. The number of nitro benzene ring substituents is 1. The lowest BCUT2D eigenvalue weighted by Crippen LogP contribution is -2.41. The summed E-state index contributed by atoms with van der Waals surface area (Å²) in [5.74, 6) is -1.44. The van der Waals surface area contributed by atoms with Gasteiger partial charge in [0.1, 0.15) is 18.2 Å². The fourth-order valence-corrected chi connectivity index (χ4v) is 1.85. The van der Waals surface area contributed by atoms with E-state index in [2.05, 4.69) is 10.4 Å². The molecule has 0 radical (unpaired) electrons. The molecule has 0 heterocycles. The topological polar surface area (TPSA) is 88.8 Å². The molecule has 2 aromatic carbocycles. The predicted molar refractivity (Wildman–Crippen MR) is 90.1 cm³/mol. The van der Waals surface area contributed by atoms with Gasteiger partial charge >= 0.3 is 6.18 Å². The van der Waals surface area contributed by atoms with Crippen molar-refractivity contribution in [3.8, 4) is 5.75 Å². The number of nitrogens with one attached hydrogen (secondary N) is 2. The van der Waals surface area contributed by atoms with Gasteiger partial charge in [-0.15, -0.1) is 0 Å². The van der Waals surface area contributed by atoms with E-state index in [4.69, 9.17) is 4.74 Å². The summed E-state index contributed by atoms with van der Waals surface area (Å²) in [5, 5.41) is 10.5. The standard InChI is InChI=1S/C16H14F4N4O3/c17-11-1-7-14(8-2-11)27-10-9-21-15(16(18,19)20)23-22-12-3-5-13(6-4-12)24(25)26/h1-8,22H,9-10H2,(H,21,23). The summed E-state index contributed by atoms with van der Waals surface area (Å²) in [4.78, 5) is 13.3. The van der Waals surface area contributed by atoms with E-state index >= 15 is 0 Å². The number of non-ortho nitro benzene ring substituents is 1. The Morgan fingerprint density at radius 2 is 1.74 bits per heavy atom. The van der Waals surface area contributed by atoms with Gasteiger partial charge in [0, 0.05) is 12.1 Å². The van der Waals surface area contributed by atoms with Crippen LogP contribution in [0.2, 0.25) is 0 Å². The molecule has 0 aromatic heterocycles. The maximum Gasteiger partial charge on any atom is 0.450 e. The van der Waals surface area contributed by atoms with Gasteiger partial charge in [0.25, 0.3) is 5.69 Å². The van der Waals surface area contributed by atoms with Crippen LogP contribution in [0.4, 0.5) is 28.9 Å². The minimum atomic E-state index is -4.75. The number of ether oxygens (including phenoxy) is 1. The van der Waals surface area contributed by atoms with E-state index in [1.54, 1.807) is 0 Å². The molecule has 11 heteroatoms. The molecule has 2 aromatic rings. The number of halogens is 4. The first-order chi connectivity index (χ1) is 12.8. The predicted octanol–water partition coefficient (Wildman–Crippen LogP) is 3.69. The first-order valence-corrected chi connectivity index (χ1v) is 7.52. The zero-order valence-electron chi connectivity index (χ0n) is 13.7. The van der Waals surface area contributed by atoms with Crippen LogP contribution >= 0.6 is 0 Å². The van der Waals surface area contributed by atoms with Gasteiger partial charge in [-0.2, -0.15) is 13.2 Å². The second kappa shape index (κ2) is 8.83. The van der Waals surface area contributed by atoms with Crippen LogP contribution in [0.1, 0.15) is 0 Å². The molecule has 2 N–H and O–H groups in total. The van der Waals surface area contributed by atoms with Crippen molar-refractivity contribution in [2.24, 2.45) is 4.99 Å². The summed E-state index contributed by atoms with van der Waals surface area (Å²) in [6.45, 7) is -0.453. The molecule has 0 aliphatic heterocycles. The number of anilines is 1. The van der Waals surface area contributed by atoms with Gasteiger partial charge in [-0.3, -0.25) is 26.0 Å². The molecule has 0 aliphatic rings. The highest BCUT2D eigenvalue weighted by Crippen LogP contribution is 2.18. The SMILES string of the molecule is O=[N+]([O-])c1ccc(NNC(=NCCOc2ccc(F)cc2)C(F)(F)F)cc1. The zero-order chi connectivity index (χ0) is 19.9. The summed E-state index contributed by atoms with van der Waals surface area (Å²) in [5.41, 5.74) is 4.20. The highest BCUT2D eigenvalue weighted by molar-refractivity contribution is 5.88. The van der Waals surface area contributed by atoms with Crippen LogP contribution in [-0.4, -0.2) is 30.1 Å². The van der Waals surface area contributed by atoms with Crippen molar-refractivity contribution in [1.29, 1.82) is 0 Å². The molecule has 2 rings (SSSR count). The van der Waals surface area contributed by atoms with E-state index in [9.17, 15) is 27.7 Å². The number of aliphatic imine (C=N–C) groups is 1. The highest BCUT2D eigenvalue weighted by Gasteiger charge is 2.36. The van der Waals surface area contributed by atoms with E-state index < -0.39 is 22.8 Å². The van der Waals surface area contributed by atoms with Crippen molar-refractivity contribution >= 4 is 17.2 Å². The smallest absolute Gasteiger partial charge is 0.450 e. The van der Waals surface area contributed by atoms with Crippen LogP contribution < -0.4 is 15.6 Å². The van der Waals surface area contributed by atoms with Gasteiger partial charge in [0.15, 0.2) is 0 Å². The van der Waals surface area contributed by atoms with Gasteiger partial charge in [-0.25, -0.2) is 4.39 Å². The summed E-state index contributed by atoms with van der Waals surface area (Å²) in [6, 6.07) is 9.80. The lowest BCUT2D eigenvalue weighted by molar-refractivity contribution is -0.384. The number of hydrogen-bond donors (Lipinski definition) is 2. The minimum absolute atomic E-state index is 0.148. The molecular weight excluding hydrogens is 372 g/mol. The van der Waals surface area contributed by atoms with Crippen molar-refractivity contribution in [3.05, 3.63) is 64.5 Å². The summed E-state index contributed by atoms with van der Waals surface area (Å²) < 4.78 is 56.9. The van der Waals surface area contributed by atoms with Gasteiger partial charge < -0.3 is 4.74 Å². The molecule has 0 aliphatic carbocycles. The lowest BCUT2D eigenvalue weighted by Gasteiger charge is -2.15. The van der Waals surface area contributed by atoms with Crippen molar-refractivity contribution in [3.63, 3.8) is 0 Å². The van der Waals surface area contributed by atoms with Crippen LogP contribution in [0.25, 0.3) is 0 Å². The number of hydrogen-bond acceptors (Lipinski definition) is 5. The van der Waals surface area contributed by atoms with Gasteiger partial charge in [-0.05, 0) is 36.4 Å². The van der Waals surface area contributed by atoms with Gasteiger partial charge in [0.2, 0.25) is 5.84 Å². The Bertz CT molecular complexity index is 793. The largest absolute Gasteiger partial charge is 0.492 e. The Balaban J connectivity index is 1.91. The number of nitro groups is 1. The number of hydrazine groups is 1. The second-order valence-corrected chi connectivity index (χ2v) is 5.08. The molecule has 0 bridgehead atoms. The quantitative estimate of drug-likeness (QED) is 0.189. The van der Waals surface area contributed by atoms with E-state index in [1.165, 1.54) is 24.3 Å². The van der Waals surface area contributed by atoms with E-state index in [-0.39, 0.29) is 24.5 Å². The fourth-order valence-electron chi connectivity index (χ4n) is 1.85. The Labute approximate surface area is 150 Å². The first kappa shape index (κ1) is 19.9. The highest BCUT2D eigenvalue weighted by atomic mass is 19.4. The van der Waals surface area contributed by atoms with Crippen LogP contribution in [0, 0.1) is 15.9 Å². The Morgan fingerprint density at radius 3 is 2.30 bits per heavy atom. The van der Waals surface area contributed by atoms with Gasteiger partial charge in [0.05, 0.1) is 17.2 Å². The normalized spacial score (nSPS) is 11.8. The Hall–Kier alpha value is -3.37. The maximum atomic E-state index is 13.0. The maximum absolute atomic E-state index is 13.0. The number of benzene rings is 2. The van der Waals surface area contributed by atoms with Crippen molar-refractivity contribution in [1.82, 2.24) is 5.43 Å². The monoisotopic (exact) mass is 386 g/mol. The van der Waals surface area contributed by atoms with E-state index in [0.717, 1.165) is 24.3 Å². The summed E-state index contributed by atoms with van der Waals surface area (Å²) in [6.07, 6.45) is -4.75. The van der Waals surface area contributed by atoms with Crippen molar-refractivity contribution < 1.29 is 27.2 Å². The van der Waals surface area contributed by atoms with Crippen LogP contribution in [-0.2, 0) is 0 Å². The Kier molecular flexibility index (Phi) is 6.52. The van der Waals surface area contributed by atoms with Crippen LogP contribution in [0.3, 0.4) is 0 Å². The van der Waals surface area contributed by atoms with Crippen LogP contribution in [0.5, 0.6) is 5.75 Å². The number of nitrogens with zero attached hydrogens (tertiary/aromatic N) is 2. The zero-order valence-corrected chi connectivity index (χ0v) is 13.7. The lowest BCUT2D eigenvalue weighted by atomic mass is 10.3. The number of alkyl halides is 3. The second-order valence-electron chi connectivity index (χ2n) is 5.08. The summed E-state index contributed by atoms with van der Waals surface area (Å²) >= 11 is 0. The molecule has 0 spiro atoms. The number of rotatable bonds is 7. The number of amidine groups is 1. The van der Waals surface area contributed by atoms with E-state index in [1.807, 2.05) is 5.43 Å². The molecule has 0 amide bonds. The first-order valence-electron chi connectivity index (χ1n) is 7.52. The molecule has 0 saturated carbocycles. The molecule has 0 saturated heterocycles. The van der Waals surface area contributed by atoms with Crippen molar-refractivity contribution in [2.75, 3.05) is 18.6 Å². The Morgan fingerprint density at radius 1 is 1.11 bits per heavy atom. The third-order valence-electron chi connectivity index (χ3n) is 3.12. The third-order valence-corrected chi connectivity index (χ3v) is 3.12. The molecule has 7 nitrogen and oxygen atoms in total. The molecule has 27 heavy (non-hydrogen) atoms. The molecule has 0 unspecified atom stereocenters. The fraction of sp³-hybridized carbons (Fsp3) is 0.188. The average Bonchev–Trinajstić information content (AvgIpc) is 2.61. The van der Waals surface area contributed by atoms with Gasteiger partial charge in [-0.1, -0.05) is 0 Å². The molecular formula is C16H14F4N4O3. The average molecular weight is 386 g/mol. The molecule has 0 fully saturated rings. The van der Waals surface area contributed by atoms with Crippen LogP contribution in [0.15, 0.2) is 53.5 Å². The molecule has 144 valence electrons. The van der Waals surface area contributed by atoms with E-state index in [0.29, 0.717) is 5.75 Å².